The molecule has 0 aromatic carbocycles. The first-order valence-electron chi connectivity index (χ1n) is 11.3. The molecule has 152 valence electrons. The summed E-state index contributed by atoms with van der Waals surface area (Å²) in [7, 11) is 1.91. The molecule has 0 aromatic rings. The molecule has 4 nitrogen and oxygen atoms in total. The third-order valence-corrected chi connectivity index (χ3v) is 11.5. The fourth-order valence-electron chi connectivity index (χ4n) is 10.1. The van der Waals surface area contributed by atoms with Crippen molar-refractivity contribution >= 4 is 0 Å². The van der Waals surface area contributed by atoms with Crippen molar-refractivity contribution in [2.24, 2.45) is 45.8 Å². The quantitative estimate of drug-likeness (QED) is 0.737. The third-order valence-electron chi connectivity index (χ3n) is 11.5. The molecule has 11 atom stereocenters. The van der Waals surface area contributed by atoms with Crippen LogP contribution in [0.5, 0.6) is 0 Å². The van der Waals surface area contributed by atoms with E-state index in [2.05, 4.69) is 20.8 Å². The second kappa shape index (κ2) is 4.77. The van der Waals surface area contributed by atoms with Gasteiger partial charge in [-0.1, -0.05) is 20.8 Å². The van der Waals surface area contributed by atoms with Crippen LogP contribution in [0.15, 0.2) is 0 Å². The molecule has 2 N–H and O–H groups in total. The Hall–Kier alpha value is -0.160. The molecule has 1 spiro atoms. The molecule has 4 heteroatoms. The van der Waals surface area contributed by atoms with E-state index in [1.54, 1.807) is 0 Å². The lowest BCUT2D eigenvalue weighted by Crippen LogP contribution is -2.62. The standard InChI is InChI=1S/C23H36O4/c1-13-12-27-22(24)11-17-15-9-18(26-4)21-10-14(21)5-7-19(21,2)16(15)6-8-20(17,3)23(13,22)25/h13-18,24-25H,5-12H2,1-4H3/t13-,14-,15-,16+,17+,18-,19-,20+,21+,22+,23+/m1/s1. The summed E-state index contributed by atoms with van der Waals surface area (Å²) in [5.41, 5.74) is -0.591. The van der Waals surface area contributed by atoms with Crippen molar-refractivity contribution in [3.8, 4) is 0 Å². The van der Waals surface area contributed by atoms with Gasteiger partial charge in [0.25, 0.3) is 0 Å². The lowest BCUT2D eigenvalue weighted by Gasteiger charge is -2.61. The zero-order valence-electron chi connectivity index (χ0n) is 17.3. The fraction of sp³-hybridized carbons (Fsp3) is 1.00. The van der Waals surface area contributed by atoms with E-state index in [0.717, 1.165) is 18.8 Å². The number of fused-ring (bicyclic) bond motifs is 6. The Morgan fingerprint density at radius 3 is 2.44 bits per heavy atom. The van der Waals surface area contributed by atoms with Crippen molar-refractivity contribution in [3.05, 3.63) is 0 Å². The molecular weight excluding hydrogens is 340 g/mol. The maximum atomic E-state index is 11.8. The zero-order valence-corrected chi connectivity index (χ0v) is 17.3. The Kier molecular flexibility index (Phi) is 3.12. The van der Waals surface area contributed by atoms with Crippen molar-refractivity contribution in [2.45, 2.75) is 83.2 Å². The molecule has 0 unspecified atom stereocenters. The smallest absolute Gasteiger partial charge is 0.196 e. The number of methoxy groups -OCH3 is 1. The summed E-state index contributed by atoms with van der Waals surface area (Å²) >= 11 is 0. The molecule has 6 fully saturated rings. The minimum atomic E-state index is -1.36. The average molecular weight is 377 g/mol. The molecule has 1 aliphatic heterocycles. The first-order chi connectivity index (χ1) is 12.7. The summed E-state index contributed by atoms with van der Waals surface area (Å²) in [4.78, 5) is 0. The van der Waals surface area contributed by atoms with E-state index >= 15 is 0 Å². The highest BCUT2D eigenvalue weighted by Gasteiger charge is 2.81. The molecule has 5 aliphatic carbocycles. The monoisotopic (exact) mass is 376 g/mol. The summed E-state index contributed by atoms with van der Waals surface area (Å²) in [5.74, 6) is 1.04. The molecule has 0 radical (unpaired) electrons. The molecule has 27 heavy (non-hydrogen) atoms. The van der Waals surface area contributed by atoms with Gasteiger partial charge in [-0.15, -0.1) is 0 Å². The van der Waals surface area contributed by atoms with E-state index in [1.807, 2.05) is 7.11 Å². The molecule has 1 heterocycles. The average Bonchev–Trinajstić information content (AvgIpc) is 3.17. The predicted octanol–water partition coefficient (Wildman–Crippen LogP) is 3.35. The highest BCUT2D eigenvalue weighted by atomic mass is 16.7. The van der Waals surface area contributed by atoms with Crippen LogP contribution in [0.1, 0.15) is 65.7 Å². The van der Waals surface area contributed by atoms with E-state index in [4.69, 9.17) is 9.47 Å². The van der Waals surface area contributed by atoms with Gasteiger partial charge in [0.1, 0.15) is 5.60 Å². The van der Waals surface area contributed by atoms with Crippen LogP contribution in [-0.2, 0) is 9.47 Å². The van der Waals surface area contributed by atoms with Crippen molar-refractivity contribution in [1.82, 2.24) is 0 Å². The maximum absolute atomic E-state index is 11.8. The van der Waals surface area contributed by atoms with Crippen LogP contribution in [0, 0.1) is 45.8 Å². The number of hydrogen-bond acceptors (Lipinski definition) is 4. The Balaban J connectivity index is 1.44. The molecule has 5 saturated carbocycles. The van der Waals surface area contributed by atoms with Crippen LogP contribution in [0.4, 0.5) is 0 Å². The van der Waals surface area contributed by atoms with Crippen molar-refractivity contribution in [3.63, 3.8) is 0 Å². The lowest BCUT2D eigenvalue weighted by atomic mass is 9.44. The normalized spacial score (nSPS) is 68.7. The summed E-state index contributed by atoms with van der Waals surface area (Å²) in [6.45, 7) is 7.33. The molecular formula is C23H36O4. The molecule has 0 aromatic heterocycles. The largest absolute Gasteiger partial charge is 0.383 e. The number of aliphatic hydroxyl groups is 2. The van der Waals surface area contributed by atoms with Crippen LogP contribution >= 0.6 is 0 Å². The van der Waals surface area contributed by atoms with Gasteiger partial charge in [-0.2, -0.15) is 0 Å². The zero-order chi connectivity index (χ0) is 19.0. The number of rotatable bonds is 1. The van der Waals surface area contributed by atoms with E-state index in [9.17, 15) is 10.2 Å². The molecule has 0 amide bonds. The maximum Gasteiger partial charge on any atom is 0.196 e. The van der Waals surface area contributed by atoms with Crippen molar-refractivity contribution in [2.75, 3.05) is 13.7 Å². The van der Waals surface area contributed by atoms with Crippen LogP contribution in [0.25, 0.3) is 0 Å². The van der Waals surface area contributed by atoms with E-state index in [-0.39, 0.29) is 11.3 Å². The minimum Gasteiger partial charge on any atom is -0.383 e. The van der Waals surface area contributed by atoms with Gasteiger partial charge in [-0.25, -0.2) is 0 Å². The summed E-state index contributed by atoms with van der Waals surface area (Å²) in [6.07, 6.45) is 8.31. The fourth-order valence-corrected chi connectivity index (χ4v) is 10.1. The van der Waals surface area contributed by atoms with Gasteiger partial charge in [0, 0.05) is 30.3 Å². The van der Waals surface area contributed by atoms with E-state index in [0.29, 0.717) is 47.7 Å². The Bertz CT molecular complexity index is 696. The van der Waals surface area contributed by atoms with Crippen molar-refractivity contribution < 1.29 is 19.7 Å². The van der Waals surface area contributed by atoms with Crippen LogP contribution in [0.2, 0.25) is 0 Å². The van der Waals surface area contributed by atoms with E-state index in [1.165, 1.54) is 25.7 Å². The van der Waals surface area contributed by atoms with E-state index < -0.39 is 11.4 Å². The van der Waals surface area contributed by atoms with Crippen LogP contribution < -0.4 is 0 Å². The summed E-state index contributed by atoms with van der Waals surface area (Å²) in [6, 6.07) is 0. The first-order valence-corrected chi connectivity index (χ1v) is 11.3. The molecule has 6 aliphatic rings. The minimum absolute atomic E-state index is 0.0166. The van der Waals surface area contributed by atoms with Gasteiger partial charge in [0.2, 0.25) is 0 Å². The van der Waals surface area contributed by atoms with Gasteiger partial charge >= 0.3 is 0 Å². The van der Waals surface area contributed by atoms with Crippen LogP contribution in [0.3, 0.4) is 0 Å². The summed E-state index contributed by atoms with van der Waals surface area (Å²) in [5, 5.41) is 23.2. The lowest BCUT2D eigenvalue weighted by molar-refractivity contribution is -0.265. The predicted molar refractivity (Wildman–Crippen MR) is 101 cm³/mol. The highest BCUT2D eigenvalue weighted by Crippen LogP contribution is 2.82. The van der Waals surface area contributed by atoms with Gasteiger partial charge in [-0.3, -0.25) is 0 Å². The highest BCUT2D eigenvalue weighted by molar-refractivity contribution is 5.28. The topological polar surface area (TPSA) is 58.9 Å². The van der Waals surface area contributed by atoms with Gasteiger partial charge in [-0.05, 0) is 67.6 Å². The SMILES string of the molecule is CO[C@@H]1C[C@H]2[C@@H]3C[C@]4(O)OC[C@@H](C)[C@]4(O)[C@@]3(C)CC[C@@H]2[C@@]2(C)CC[C@@H]3C[C@]312. The molecule has 6 rings (SSSR count). The second-order valence-corrected chi connectivity index (χ2v) is 11.7. The Morgan fingerprint density at radius 2 is 1.74 bits per heavy atom. The summed E-state index contributed by atoms with van der Waals surface area (Å²) < 4.78 is 12.0. The van der Waals surface area contributed by atoms with Gasteiger partial charge in [0.15, 0.2) is 5.79 Å². The Morgan fingerprint density at radius 1 is 1.00 bits per heavy atom. The van der Waals surface area contributed by atoms with Gasteiger partial charge in [0.05, 0.1) is 12.7 Å². The second-order valence-electron chi connectivity index (χ2n) is 11.7. The van der Waals surface area contributed by atoms with Crippen LogP contribution in [-0.4, -0.2) is 41.4 Å². The number of hydrogen-bond donors (Lipinski definition) is 2. The number of ether oxygens (including phenoxy) is 2. The Labute approximate surface area is 163 Å². The third kappa shape index (κ3) is 1.57. The molecule has 0 bridgehead atoms. The van der Waals surface area contributed by atoms with Crippen molar-refractivity contribution in [1.29, 1.82) is 0 Å². The van der Waals surface area contributed by atoms with Gasteiger partial charge < -0.3 is 19.7 Å². The molecule has 1 saturated heterocycles. The first kappa shape index (κ1) is 17.7.